The van der Waals surface area contributed by atoms with E-state index in [0.717, 1.165) is 30.8 Å². The molecule has 0 aliphatic carbocycles. The van der Waals surface area contributed by atoms with E-state index in [1.165, 1.54) is 17.3 Å². The van der Waals surface area contributed by atoms with Gasteiger partial charge in [-0.15, -0.1) is 0 Å². The third kappa shape index (κ3) is 5.18. The Bertz CT molecular complexity index is 481. The van der Waals surface area contributed by atoms with Crippen molar-refractivity contribution < 1.29 is 0 Å². The van der Waals surface area contributed by atoms with Gasteiger partial charge in [-0.1, -0.05) is 42.1 Å². The fourth-order valence-corrected chi connectivity index (χ4v) is 2.42. The summed E-state index contributed by atoms with van der Waals surface area (Å²) < 4.78 is 0. The molecule has 0 saturated carbocycles. The maximum absolute atomic E-state index is 7.81. The van der Waals surface area contributed by atoms with Crippen molar-refractivity contribution in [2.24, 2.45) is 0 Å². The number of thioether (sulfide) groups is 1. The van der Waals surface area contributed by atoms with Crippen molar-refractivity contribution in [3.05, 3.63) is 54.1 Å². The number of H-pyrrole nitrogens is 1. The summed E-state index contributed by atoms with van der Waals surface area (Å²) in [5, 5.41) is 11.5. The normalized spacial score (nSPS) is 10.3. The van der Waals surface area contributed by atoms with Crippen LogP contribution in [0.25, 0.3) is 0 Å². The maximum atomic E-state index is 7.81. The summed E-state index contributed by atoms with van der Waals surface area (Å²) in [6.45, 7) is 0.804. The average Bonchev–Trinajstić information content (AvgIpc) is 2.93. The largest absolute Gasteiger partial charge is 0.365 e. The van der Waals surface area contributed by atoms with Gasteiger partial charge in [0.05, 0.1) is 12.0 Å². The molecule has 2 aromatic rings. The molecular weight excluding hydrogens is 256 g/mol. The van der Waals surface area contributed by atoms with Crippen LogP contribution in [0.1, 0.15) is 11.3 Å². The second-order valence-electron chi connectivity index (χ2n) is 4.15. The molecule has 0 amide bonds. The first kappa shape index (κ1) is 13.7. The summed E-state index contributed by atoms with van der Waals surface area (Å²) in [4.78, 5) is 7.09. The van der Waals surface area contributed by atoms with Crippen LogP contribution in [-0.2, 0) is 12.8 Å². The molecule has 1 aromatic carbocycles. The highest BCUT2D eigenvalue weighted by Gasteiger charge is 2.00. The van der Waals surface area contributed by atoms with E-state index < -0.39 is 0 Å². The molecular formula is C14H18N4S. The molecule has 2 rings (SSSR count). The molecule has 0 radical (unpaired) electrons. The molecule has 3 N–H and O–H groups in total. The Balaban J connectivity index is 1.57. The van der Waals surface area contributed by atoms with Crippen LogP contribution in [0.2, 0.25) is 0 Å². The summed E-state index contributed by atoms with van der Waals surface area (Å²) in [7, 11) is 0. The Hall–Kier alpha value is -1.75. The summed E-state index contributed by atoms with van der Waals surface area (Å²) in [5.41, 5.74) is 2.34. The second-order valence-corrected chi connectivity index (χ2v) is 5.26. The van der Waals surface area contributed by atoms with Crippen molar-refractivity contribution in [3.63, 3.8) is 0 Å². The SMILES string of the molecule is N=C(NCCc1ccccc1)SCCc1c[nH]cn1. The second kappa shape index (κ2) is 7.63. The number of rotatable bonds is 6. The highest BCUT2D eigenvalue weighted by atomic mass is 32.2. The van der Waals surface area contributed by atoms with Crippen molar-refractivity contribution in [2.75, 3.05) is 12.3 Å². The van der Waals surface area contributed by atoms with Gasteiger partial charge >= 0.3 is 0 Å². The minimum Gasteiger partial charge on any atom is -0.365 e. The standard InChI is InChI=1S/C14H18N4S/c15-14(19-9-7-13-10-16-11-18-13)17-8-6-12-4-2-1-3-5-12/h1-5,10-11H,6-9H2,(H2,15,17)(H,16,18). The van der Waals surface area contributed by atoms with E-state index in [2.05, 4.69) is 27.4 Å². The summed E-state index contributed by atoms with van der Waals surface area (Å²) in [6.07, 6.45) is 5.41. The van der Waals surface area contributed by atoms with Gasteiger partial charge in [-0.05, 0) is 12.0 Å². The number of hydrogen-bond donors (Lipinski definition) is 3. The Morgan fingerprint density at radius 1 is 1.26 bits per heavy atom. The minimum atomic E-state index is 0.534. The number of benzene rings is 1. The molecule has 4 nitrogen and oxygen atoms in total. The first-order valence-corrected chi connectivity index (χ1v) is 7.30. The monoisotopic (exact) mass is 274 g/mol. The topological polar surface area (TPSA) is 64.6 Å². The van der Waals surface area contributed by atoms with Crippen LogP contribution in [-0.4, -0.2) is 27.4 Å². The molecule has 0 aliphatic heterocycles. The number of nitrogens with zero attached hydrogens (tertiary/aromatic N) is 1. The zero-order valence-electron chi connectivity index (χ0n) is 10.7. The fourth-order valence-electron chi connectivity index (χ4n) is 1.70. The van der Waals surface area contributed by atoms with Crippen LogP contribution in [0.5, 0.6) is 0 Å². The maximum Gasteiger partial charge on any atom is 0.153 e. The summed E-state index contributed by atoms with van der Waals surface area (Å²) in [6, 6.07) is 10.3. The van der Waals surface area contributed by atoms with Gasteiger partial charge in [-0.3, -0.25) is 5.41 Å². The van der Waals surface area contributed by atoms with Gasteiger partial charge in [0.2, 0.25) is 0 Å². The lowest BCUT2D eigenvalue weighted by Crippen LogP contribution is -2.22. The van der Waals surface area contributed by atoms with Gasteiger partial charge in [-0.2, -0.15) is 0 Å². The molecule has 0 aliphatic rings. The van der Waals surface area contributed by atoms with Gasteiger partial charge in [0.15, 0.2) is 5.17 Å². The molecule has 100 valence electrons. The van der Waals surface area contributed by atoms with E-state index in [-0.39, 0.29) is 0 Å². The number of aryl methyl sites for hydroxylation is 1. The highest BCUT2D eigenvalue weighted by Crippen LogP contribution is 2.05. The first-order valence-electron chi connectivity index (χ1n) is 6.31. The Kier molecular flexibility index (Phi) is 5.49. The number of amidine groups is 1. The van der Waals surface area contributed by atoms with Gasteiger partial charge in [-0.25, -0.2) is 4.98 Å². The molecule has 1 aromatic heterocycles. The molecule has 0 bridgehead atoms. The van der Waals surface area contributed by atoms with Crippen LogP contribution in [0.15, 0.2) is 42.9 Å². The van der Waals surface area contributed by atoms with Crippen molar-refractivity contribution in [1.29, 1.82) is 5.41 Å². The Morgan fingerprint density at radius 3 is 2.84 bits per heavy atom. The van der Waals surface area contributed by atoms with Crippen LogP contribution >= 0.6 is 11.8 Å². The van der Waals surface area contributed by atoms with Gasteiger partial charge in [0, 0.05) is 24.9 Å². The lowest BCUT2D eigenvalue weighted by Gasteiger charge is -2.07. The van der Waals surface area contributed by atoms with E-state index in [1.54, 1.807) is 6.33 Å². The molecule has 0 unspecified atom stereocenters. The number of hydrogen-bond acceptors (Lipinski definition) is 3. The third-order valence-corrected chi connectivity index (χ3v) is 3.54. The molecule has 0 atom stereocenters. The van der Waals surface area contributed by atoms with Crippen molar-refractivity contribution >= 4 is 16.9 Å². The molecule has 0 saturated heterocycles. The number of imidazole rings is 1. The van der Waals surface area contributed by atoms with Crippen molar-refractivity contribution in [2.45, 2.75) is 12.8 Å². The summed E-state index contributed by atoms with van der Waals surface area (Å²) in [5.74, 6) is 0.877. The zero-order valence-corrected chi connectivity index (χ0v) is 11.5. The smallest absolute Gasteiger partial charge is 0.153 e. The first-order chi connectivity index (χ1) is 9.34. The van der Waals surface area contributed by atoms with E-state index in [1.807, 2.05) is 24.4 Å². The van der Waals surface area contributed by atoms with Crippen LogP contribution in [0.3, 0.4) is 0 Å². The number of aromatic nitrogens is 2. The van der Waals surface area contributed by atoms with Crippen LogP contribution in [0.4, 0.5) is 0 Å². The van der Waals surface area contributed by atoms with E-state index in [0.29, 0.717) is 5.17 Å². The molecule has 0 spiro atoms. The molecule has 1 heterocycles. The number of nitrogens with one attached hydrogen (secondary N) is 3. The Labute approximate surface area is 117 Å². The Morgan fingerprint density at radius 2 is 2.11 bits per heavy atom. The van der Waals surface area contributed by atoms with Crippen molar-refractivity contribution in [3.8, 4) is 0 Å². The molecule has 5 heteroatoms. The minimum absolute atomic E-state index is 0.534. The van der Waals surface area contributed by atoms with E-state index in [9.17, 15) is 0 Å². The third-order valence-electron chi connectivity index (χ3n) is 2.70. The highest BCUT2D eigenvalue weighted by molar-refractivity contribution is 8.13. The van der Waals surface area contributed by atoms with Gasteiger partial charge < -0.3 is 10.3 Å². The van der Waals surface area contributed by atoms with Crippen molar-refractivity contribution in [1.82, 2.24) is 15.3 Å². The summed E-state index contributed by atoms with van der Waals surface area (Å²) >= 11 is 1.53. The van der Waals surface area contributed by atoms with E-state index >= 15 is 0 Å². The average molecular weight is 274 g/mol. The lowest BCUT2D eigenvalue weighted by atomic mass is 10.2. The molecule has 0 fully saturated rings. The van der Waals surface area contributed by atoms with Crippen LogP contribution in [0, 0.1) is 5.41 Å². The fraction of sp³-hybridized carbons (Fsp3) is 0.286. The van der Waals surface area contributed by atoms with Gasteiger partial charge in [0.1, 0.15) is 0 Å². The van der Waals surface area contributed by atoms with Crippen LogP contribution < -0.4 is 5.32 Å². The predicted molar refractivity (Wildman–Crippen MR) is 80.6 cm³/mol. The molecule has 19 heavy (non-hydrogen) atoms. The van der Waals surface area contributed by atoms with Gasteiger partial charge in [0.25, 0.3) is 0 Å². The van der Waals surface area contributed by atoms with E-state index in [4.69, 9.17) is 5.41 Å². The quantitative estimate of drug-likeness (QED) is 0.560. The number of aromatic amines is 1. The lowest BCUT2D eigenvalue weighted by molar-refractivity contribution is 0.871. The predicted octanol–water partition coefficient (Wildman–Crippen LogP) is 2.45. The zero-order chi connectivity index (χ0) is 13.3.